The zero-order chi connectivity index (χ0) is 13.0. The van der Waals surface area contributed by atoms with Crippen molar-refractivity contribution in [3.8, 4) is 0 Å². The molecule has 0 amide bonds. The number of hydrogen-bond acceptors (Lipinski definition) is 2. The Bertz CT molecular complexity index is 442. The molecule has 2 rings (SSSR count). The van der Waals surface area contributed by atoms with Crippen LogP contribution in [-0.2, 0) is 6.42 Å². The van der Waals surface area contributed by atoms with E-state index in [1.165, 1.54) is 17.0 Å². The fourth-order valence-electron chi connectivity index (χ4n) is 2.47. The van der Waals surface area contributed by atoms with Crippen LogP contribution in [0.3, 0.4) is 0 Å². The van der Waals surface area contributed by atoms with Gasteiger partial charge in [0.05, 0.1) is 18.1 Å². The second-order valence-corrected chi connectivity index (χ2v) is 5.01. The van der Waals surface area contributed by atoms with E-state index in [0.29, 0.717) is 6.04 Å². The minimum absolute atomic E-state index is 0.415. The Balaban J connectivity index is 1.99. The van der Waals surface area contributed by atoms with Gasteiger partial charge < -0.3 is 4.98 Å². The first kappa shape index (κ1) is 13.1. The van der Waals surface area contributed by atoms with Gasteiger partial charge >= 0.3 is 0 Å². The topological polar surface area (TPSA) is 31.9 Å². The Kier molecular flexibility index (Phi) is 4.37. The molecule has 18 heavy (non-hydrogen) atoms. The maximum absolute atomic E-state index is 4.44. The summed E-state index contributed by atoms with van der Waals surface area (Å²) in [5.41, 5.74) is 3.94. The maximum Gasteiger partial charge on any atom is 0.0925 e. The Labute approximate surface area is 110 Å². The molecule has 0 radical (unpaired) electrons. The van der Waals surface area contributed by atoms with E-state index in [4.69, 9.17) is 0 Å². The summed E-state index contributed by atoms with van der Waals surface area (Å²) < 4.78 is 0. The molecule has 0 bridgehead atoms. The molecule has 1 aliphatic rings. The van der Waals surface area contributed by atoms with Crippen LogP contribution in [0.4, 0.5) is 0 Å². The van der Waals surface area contributed by atoms with Gasteiger partial charge in [0.15, 0.2) is 0 Å². The molecule has 1 unspecified atom stereocenters. The summed E-state index contributed by atoms with van der Waals surface area (Å²) in [7, 11) is 0. The van der Waals surface area contributed by atoms with Crippen LogP contribution in [0.1, 0.15) is 44.6 Å². The number of allylic oxidation sites excluding steroid dienone is 3. The van der Waals surface area contributed by atoms with E-state index in [1.807, 2.05) is 6.33 Å². The number of fused-ring (bicyclic) bond motifs is 1. The van der Waals surface area contributed by atoms with Gasteiger partial charge in [0.2, 0.25) is 0 Å². The van der Waals surface area contributed by atoms with Gasteiger partial charge in [0.1, 0.15) is 0 Å². The number of imidazole rings is 1. The van der Waals surface area contributed by atoms with Gasteiger partial charge in [-0.2, -0.15) is 0 Å². The molecule has 1 aromatic heterocycles. The minimum Gasteiger partial charge on any atom is -0.348 e. The van der Waals surface area contributed by atoms with Gasteiger partial charge in [-0.25, -0.2) is 4.98 Å². The minimum atomic E-state index is 0.415. The van der Waals surface area contributed by atoms with Crippen molar-refractivity contribution in [1.29, 1.82) is 0 Å². The van der Waals surface area contributed by atoms with Crippen molar-refractivity contribution in [2.75, 3.05) is 13.1 Å². The number of nitrogens with zero attached hydrogens (tertiary/aromatic N) is 2. The van der Waals surface area contributed by atoms with Crippen molar-refractivity contribution in [2.45, 2.75) is 39.7 Å². The van der Waals surface area contributed by atoms with E-state index in [0.717, 1.165) is 25.9 Å². The van der Waals surface area contributed by atoms with Crippen molar-refractivity contribution in [3.05, 3.63) is 41.5 Å². The predicted octanol–water partition coefficient (Wildman–Crippen LogP) is 3.24. The molecule has 1 aromatic rings. The lowest BCUT2D eigenvalue weighted by Gasteiger charge is -2.32. The highest BCUT2D eigenvalue weighted by molar-refractivity contribution is 5.20. The predicted molar refractivity (Wildman–Crippen MR) is 75.5 cm³/mol. The third-order valence-electron chi connectivity index (χ3n) is 3.55. The molecule has 0 spiro atoms. The lowest BCUT2D eigenvalue weighted by Crippen LogP contribution is -2.35. The SMILES string of the molecule is CC/C=C\C=C(/C)CN1CCc2[nH]cnc2C1C. The van der Waals surface area contributed by atoms with Crippen LogP contribution in [0.2, 0.25) is 0 Å². The standard InChI is InChI=1S/C15H23N3/c1-4-5-6-7-12(2)10-18-9-8-14-15(13(18)3)17-11-16-14/h5-7,11,13H,4,8-10H2,1-3H3,(H,16,17)/b6-5-,12-7+. The second kappa shape index (κ2) is 6.01. The van der Waals surface area contributed by atoms with Gasteiger partial charge in [0.25, 0.3) is 0 Å². The van der Waals surface area contributed by atoms with Crippen molar-refractivity contribution >= 4 is 0 Å². The van der Waals surface area contributed by atoms with E-state index < -0.39 is 0 Å². The summed E-state index contributed by atoms with van der Waals surface area (Å²) in [6.45, 7) is 8.74. The van der Waals surface area contributed by atoms with Crippen molar-refractivity contribution < 1.29 is 0 Å². The van der Waals surface area contributed by atoms with E-state index in [-0.39, 0.29) is 0 Å². The molecule has 3 heteroatoms. The molecule has 0 aliphatic carbocycles. The first-order chi connectivity index (χ1) is 8.72. The molecule has 3 nitrogen and oxygen atoms in total. The highest BCUT2D eigenvalue weighted by Gasteiger charge is 2.25. The summed E-state index contributed by atoms with van der Waals surface area (Å²) in [6, 6.07) is 0.415. The van der Waals surface area contributed by atoms with Crippen LogP contribution >= 0.6 is 0 Å². The number of hydrogen-bond donors (Lipinski definition) is 1. The average Bonchev–Trinajstić information content (AvgIpc) is 2.82. The summed E-state index contributed by atoms with van der Waals surface area (Å²) in [6.07, 6.45) is 10.6. The number of rotatable bonds is 4. The Morgan fingerprint density at radius 1 is 1.61 bits per heavy atom. The molecule has 1 N–H and O–H groups in total. The van der Waals surface area contributed by atoms with E-state index in [9.17, 15) is 0 Å². The second-order valence-electron chi connectivity index (χ2n) is 5.01. The third-order valence-corrected chi connectivity index (χ3v) is 3.55. The van der Waals surface area contributed by atoms with Crippen LogP contribution < -0.4 is 0 Å². The lowest BCUT2D eigenvalue weighted by molar-refractivity contribution is 0.211. The molecule has 2 heterocycles. The zero-order valence-electron chi connectivity index (χ0n) is 11.6. The van der Waals surface area contributed by atoms with Gasteiger partial charge in [-0.1, -0.05) is 30.7 Å². The monoisotopic (exact) mass is 245 g/mol. The van der Waals surface area contributed by atoms with Gasteiger partial charge in [-0.15, -0.1) is 0 Å². The molecule has 0 saturated carbocycles. The summed E-state index contributed by atoms with van der Waals surface area (Å²) in [5.74, 6) is 0. The average molecular weight is 245 g/mol. The van der Waals surface area contributed by atoms with Crippen molar-refractivity contribution in [3.63, 3.8) is 0 Å². The van der Waals surface area contributed by atoms with Crippen LogP contribution in [0.25, 0.3) is 0 Å². The maximum atomic E-state index is 4.44. The summed E-state index contributed by atoms with van der Waals surface area (Å²) in [5, 5.41) is 0. The Hall–Kier alpha value is -1.35. The van der Waals surface area contributed by atoms with E-state index >= 15 is 0 Å². The van der Waals surface area contributed by atoms with Gasteiger partial charge in [0, 0.05) is 25.2 Å². The molecular formula is C15H23N3. The van der Waals surface area contributed by atoms with Crippen LogP contribution in [-0.4, -0.2) is 28.0 Å². The zero-order valence-corrected chi connectivity index (χ0v) is 11.6. The molecule has 0 fully saturated rings. The fourth-order valence-corrected chi connectivity index (χ4v) is 2.47. The fraction of sp³-hybridized carbons (Fsp3) is 0.533. The van der Waals surface area contributed by atoms with Crippen molar-refractivity contribution in [1.82, 2.24) is 14.9 Å². The van der Waals surface area contributed by atoms with Crippen LogP contribution in [0, 0.1) is 0 Å². The Morgan fingerprint density at radius 2 is 2.44 bits per heavy atom. The van der Waals surface area contributed by atoms with Gasteiger partial charge in [-0.05, 0) is 20.3 Å². The molecule has 0 saturated heterocycles. The summed E-state index contributed by atoms with van der Waals surface area (Å²) in [4.78, 5) is 10.2. The first-order valence-electron chi connectivity index (χ1n) is 6.80. The molecule has 0 aromatic carbocycles. The molecule has 1 atom stereocenters. The number of nitrogens with one attached hydrogen (secondary N) is 1. The van der Waals surface area contributed by atoms with E-state index in [1.54, 1.807) is 0 Å². The highest BCUT2D eigenvalue weighted by Crippen LogP contribution is 2.26. The molecular weight excluding hydrogens is 222 g/mol. The first-order valence-corrected chi connectivity index (χ1v) is 6.80. The quantitative estimate of drug-likeness (QED) is 0.826. The smallest absolute Gasteiger partial charge is 0.0925 e. The van der Waals surface area contributed by atoms with Crippen LogP contribution in [0.15, 0.2) is 30.1 Å². The lowest BCUT2D eigenvalue weighted by atomic mass is 10.0. The number of H-pyrrole nitrogens is 1. The highest BCUT2D eigenvalue weighted by atomic mass is 15.2. The molecule has 98 valence electrons. The number of aromatic amines is 1. The van der Waals surface area contributed by atoms with E-state index in [2.05, 4.69) is 53.9 Å². The molecule has 1 aliphatic heterocycles. The Morgan fingerprint density at radius 3 is 3.22 bits per heavy atom. The van der Waals surface area contributed by atoms with Crippen molar-refractivity contribution in [2.24, 2.45) is 0 Å². The normalized spacial score (nSPS) is 21.5. The summed E-state index contributed by atoms with van der Waals surface area (Å²) >= 11 is 0. The third kappa shape index (κ3) is 2.91. The van der Waals surface area contributed by atoms with Crippen LogP contribution in [0.5, 0.6) is 0 Å². The number of aromatic nitrogens is 2. The van der Waals surface area contributed by atoms with Gasteiger partial charge in [-0.3, -0.25) is 4.90 Å². The largest absolute Gasteiger partial charge is 0.348 e.